The molecule has 0 heterocycles. The Morgan fingerprint density at radius 1 is 0.291 bits per heavy atom. The molecule has 9 nitrogen and oxygen atoms in total. The zero-order chi connectivity index (χ0) is 74.3. The molecule has 0 saturated heterocycles. The van der Waals surface area contributed by atoms with Gasteiger partial charge in [0.2, 0.25) is 0 Å². The van der Waals surface area contributed by atoms with Crippen LogP contribution in [0.4, 0.5) is 0 Å². The number of unbranched alkanes of at least 4 members (excludes halogenated alkanes) is 62. The van der Waals surface area contributed by atoms with E-state index in [1.165, 1.54) is 385 Å². The lowest BCUT2D eigenvalue weighted by Gasteiger charge is -2.19. The summed E-state index contributed by atoms with van der Waals surface area (Å²) in [6.45, 7) is 3.80. The summed E-state index contributed by atoms with van der Waals surface area (Å²) in [5, 5.41) is 0. The van der Waals surface area contributed by atoms with Crippen LogP contribution in [0, 0.1) is 0 Å². The lowest BCUT2D eigenvalue weighted by Crippen LogP contribution is -2.29. The normalized spacial score (nSPS) is 13.1. The fourth-order valence-electron chi connectivity index (χ4n) is 13.8. The van der Waals surface area contributed by atoms with Crippen molar-refractivity contribution in [3.63, 3.8) is 0 Å². The molecule has 0 amide bonds. The van der Waals surface area contributed by atoms with Crippen molar-refractivity contribution in [2.45, 2.75) is 482 Å². The van der Waals surface area contributed by atoms with Gasteiger partial charge in [-0.3, -0.25) is 18.6 Å². The molecule has 0 aliphatic rings. The molecule has 604 valence electrons. The SMILES string of the molecule is CCCCCCC/C=C\C/C=C\C/C=C\CCCCCCCCCCCCCCCCCCCCCCCCCCCCC(=O)OCC(COP(=O)(O)OCCN)OC(=O)CCCCCCCCCCCCCCCCCCCCCCCCCCCC/C=C\C/C=C\C/C=C\CCCCCCC. The Balaban J connectivity index is 3.70. The van der Waals surface area contributed by atoms with Crippen LogP contribution >= 0.6 is 7.82 Å². The standard InChI is InChI=1S/C93H174NO8P/c1-3-5-7-9-11-13-15-17-19-21-23-25-27-29-31-33-35-37-39-41-43-45-47-49-51-53-55-57-59-61-63-65-67-69-71-73-75-77-79-81-83-85-92(95)99-89-91(90-101-103(97,98)100-88-87-94)102-93(96)86-84-82-80-78-76-74-72-70-68-66-64-62-60-58-56-54-52-50-48-46-44-42-40-38-36-34-32-30-28-26-24-22-20-18-16-14-12-10-8-6-4-2/h15-18,21-24,27-30,91H,3-14,19-20,25-26,31-90,94H2,1-2H3,(H,97,98)/b17-15-,18-16-,23-21-,24-22-,29-27-,30-28-. The van der Waals surface area contributed by atoms with Crippen LogP contribution in [0.25, 0.3) is 0 Å². The third-order valence-corrected chi connectivity index (χ3v) is 21.5. The van der Waals surface area contributed by atoms with Gasteiger partial charge >= 0.3 is 19.8 Å². The molecule has 0 radical (unpaired) electrons. The van der Waals surface area contributed by atoms with Crippen molar-refractivity contribution in [1.82, 2.24) is 0 Å². The summed E-state index contributed by atoms with van der Waals surface area (Å²) in [5.41, 5.74) is 5.43. The topological polar surface area (TPSA) is 134 Å². The molecule has 0 aliphatic heterocycles. The first-order chi connectivity index (χ1) is 50.8. The number of phosphoric acid groups is 1. The van der Waals surface area contributed by atoms with E-state index < -0.39 is 26.5 Å². The van der Waals surface area contributed by atoms with Gasteiger partial charge in [-0.05, 0) is 89.9 Å². The Morgan fingerprint density at radius 3 is 0.748 bits per heavy atom. The minimum atomic E-state index is -4.40. The van der Waals surface area contributed by atoms with Crippen LogP contribution in [0.2, 0.25) is 0 Å². The van der Waals surface area contributed by atoms with Crippen molar-refractivity contribution in [1.29, 1.82) is 0 Å². The average molecular weight is 1470 g/mol. The molecule has 103 heavy (non-hydrogen) atoms. The number of hydrogen-bond donors (Lipinski definition) is 2. The van der Waals surface area contributed by atoms with E-state index in [9.17, 15) is 19.0 Å². The van der Waals surface area contributed by atoms with E-state index in [1.807, 2.05) is 0 Å². The molecule has 0 spiro atoms. The van der Waals surface area contributed by atoms with Gasteiger partial charge in [-0.15, -0.1) is 0 Å². The molecule has 2 atom stereocenters. The molecule has 0 fully saturated rings. The molecule has 2 unspecified atom stereocenters. The summed E-state index contributed by atoms with van der Waals surface area (Å²) in [6.07, 6.45) is 120. The Labute approximate surface area is 641 Å². The molecule has 0 aromatic rings. The molecule has 0 aromatic heterocycles. The number of phosphoric ester groups is 1. The maximum Gasteiger partial charge on any atom is 0.472 e. The smallest absolute Gasteiger partial charge is 0.462 e. The molecular formula is C93H174NO8P. The third-order valence-electron chi connectivity index (χ3n) is 20.6. The van der Waals surface area contributed by atoms with Crippen molar-refractivity contribution in [3.05, 3.63) is 72.9 Å². The Hall–Kier alpha value is -2.55. The third kappa shape index (κ3) is 88.2. The second-order valence-electron chi connectivity index (χ2n) is 30.8. The molecular weight excluding hydrogens is 1290 g/mol. The van der Waals surface area contributed by atoms with E-state index in [0.29, 0.717) is 6.42 Å². The lowest BCUT2D eigenvalue weighted by atomic mass is 10.0. The van der Waals surface area contributed by atoms with Crippen molar-refractivity contribution >= 4 is 19.8 Å². The number of esters is 2. The summed E-state index contributed by atoms with van der Waals surface area (Å²) in [4.78, 5) is 35.5. The van der Waals surface area contributed by atoms with E-state index in [4.69, 9.17) is 24.3 Å². The Morgan fingerprint density at radius 2 is 0.505 bits per heavy atom. The predicted octanol–water partition coefficient (Wildman–Crippen LogP) is 31.0. The number of carbonyl (C=O) groups excluding carboxylic acids is 2. The highest BCUT2D eigenvalue weighted by Gasteiger charge is 2.26. The van der Waals surface area contributed by atoms with Gasteiger partial charge in [0, 0.05) is 19.4 Å². The minimum Gasteiger partial charge on any atom is -0.462 e. The number of nitrogens with two attached hydrogens (primary N) is 1. The van der Waals surface area contributed by atoms with Crippen molar-refractivity contribution < 1.29 is 37.6 Å². The molecule has 0 saturated carbocycles. The van der Waals surface area contributed by atoms with E-state index in [2.05, 4.69) is 86.8 Å². The van der Waals surface area contributed by atoms with Crippen LogP contribution in [0.5, 0.6) is 0 Å². The fourth-order valence-corrected chi connectivity index (χ4v) is 14.6. The van der Waals surface area contributed by atoms with Crippen LogP contribution in [0.1, 0.15) is 476 Å². The second kappa shape index (κ2) is 88.4. The van der Waals surface area contributed by atoms with E-state index in [0.717, 1.165) is 57.8 Å². The average Bonchev–Trinajstić information content (AvgIpc) is 1.08. The van der Waals surface area contributed by atoms with Gasteiger partial charge in [0.25, 0.3) is 0 Å². The maximum absolute atomic E-state index is 12.8. The van der Waals surface area contributed by atoms with Gasteiger partial charge in [-0.25, -0.2) is 4.57 Å². The summed E-state index contributed by atoms with van der Waals surface area (Å²) in [7, 11) is -4.40. The first kappa shape index (κ1) is 100. The first-order valence-electron chi connectivity index (χ1n) is 45.4. The molecule has 0 rings (SSSR count). The second-order valence-corrected chi connectivity index (χ2v) is 32.3. The minimum absolute atomic E-state index is 0.0557. The molecule has 0 aliphatic carbocycles. The monoisotopic (exact) mass is 1460 g/mol. The van der Waals surface area contributed by atoms with Crippen LogP contribution in [-0.2, 0) is 32.7 Å². The zero-order valence-electron chi connectivity index (χ0n) is 68.6. The number of allylic oxidation sites excluding steroid dienone is 12. The van der Waals surface area contributed by atoms with Gasteiger partial charge in [-0.1, -0.05) is 446 Å². The summed E-state index contributed by atoms with van der Waals surface area (Å²) in [6, 6.07) is 0. The van der Waals surface area contributed by atoms with Crippen molar-refractivity contribution in [3.8, 4) is 0 Å². The van der Waals surface area contributed by atoms with E-state index in [-0.39, 0.29) is 38.6 Å². The number of carbonyl (C=O) groups is 2. The quantitative estimate of drug-likeness (QED) is 0.0264. The maximum atomic E-state index is 12.8. The van der Waals surface area contributed by atoms with Gasteiger partial charge in [0.1, 0.15) is 6.61 Å². The molecule has 3 N–H and O–H groups in total. The lowest BCUT2D eigenvalue weighted by molar-refractivity contribution is -0.161. The van der Waals surface area contributed by atoms with Gasteiger partial charge in [0.05, 0.1) is 13.2 Å². The van der Waals surface area contributed by atoms with Crippen LogP contribution in [0.3, 0.4) is 0 Å². The van der Waals surface area contributed by atoms with Gasteiger partial charge < -0.3 is 20.1 Å². The van der Waals surface area contributed by atoms with E-state index in [1.54, 1.807) is 0 Å². The fraction of sp³-hybridized carbons (Fsp3) is 0.849. The summed E-state index contributed by atoms with van der Waals surface area (Å²) < 4.78 is 33.4. The van der Waals surface area contributed by atoms with Crippen LogP contribution in [0.15, 0.2) is 72.9 Å². The number of hydrogen-bond acceptors (Lipinski definition) is 8. The Bertz CT molecular complexity index is 1930. The number of rotatable bonds is 87. The van der Waals surface area contributed by atoms with Gasteiger partial charge in [0.15, 0.2) is 6.10 Å². The van der Waals surface area contributed by atoms with Crippen LogP contribution in [-0.4, -0.2) is 49.3 Å². The predicted molar refractivity (Wildman–Crippen MR) is 450 cm³/mol. The molecule has 0 bridgehead atoms. The highest BCUT2D eigenvalue weighted by atomic mass is 31.2. The number of ether oxygens (including phenoxy) is 2. The largest absolute Gasteiger partial charge is 0.472 e. The molecule has 10 heteroatoms. The highest BCUT2D eigenvalue weighted by Crippen LogP contribution is 2.43. The first-order valence-corrected chi connectivity index (χ1v) is 46.9. The van der Waals surface area contributed by atoms with E-state index >= 15 is 0 Å². The zero-order valence-corrected chi connectivity index (χ0v) is 69.5. The summed E-state index contributed by atoms with van der Waals surface area (Å²) >= 11 is 0. The van der Waals surface area contributed by atoms with Crippen LogP contribution < -0.4 is 5.73 Å². The molecule has 0 aromatic carbocycles. The Kier molecular flexibility index (Phi) is 86.2. The highest BCUT2D eigenvalue weighted by molar-refractivity contribution is 7.47. The van der Waals surface area contributed by atoms with Gasteiger partial charge in [-0.2, -0.15) is 0 Å². The summed E-state index contributed by atoms with van der Waals surface area (Å²) in [5.74, 6) is -0.800. The van der Waals surface area contributed by atoms with Crippen molar-refractivity contribution in [2.75, 3.05) is 26.4 Å². The van der Waals surface area contributed by atoms with Crippen molar-refractivity contribution in [2.24, 2.45) is 5.73 Å².